The Labute approximate surface area is 134 Å². The summed E-state index contributed by atoms with van der Waals surface area (Å²) in [5.41, 5.74) is -1.13. The van der Waals surface area contributed by atoms with Gasteiger partial charge in [-0.3, -0.25) is 0 Å². The van der Waals surface area contributed by atoms with Crippen molar-refractivity contribution in [2.45, 2.75) is 83.2 Å². The van der Waals surface area contributed by atoms with E-state index in [4.69, 9.17) is 0 Å². The quantitative estimate of drug-likeness (QED) is 0.632. The average Bonchev–Trinajstić information content (AvgIpc) is 2.23. The molecule has 23 heavy (non-hydrogen) atoms. The summed E-state index contributed by atoms with van der Waals surface area (Å²) in [4.78, 5) is 0. The summed E-state index contributed by atoms with van der Waals surface area (Å²) in [6.07, 6.45) is -2.72. The highest BCUT2D eigenvalue weighted by atomic mass is 19.3. The lowest BCUT2D eigenvalue weighted by Gasteiger charge is -2.34. The van der Waals surface area contributed by atoms with Gasteiger partial charge >= 0.3 is 17.8 Å². The van der Waals surface area contributed by atoms with Crippen LogP contribution in [0.15, 0.2) is 0 Å². The maximum Gasteiger partial charge on any atom is 0.371 e. The predicted molar refractivity (Wildman–Crippen MR) is 79.6 cm³/mol. The summed E-state index contributed by atoms with van der Waals surface area (Å²) in [5, 5.41) is 5.19. The fourth-order valence-corrected chi connectivity index (χ4v) is 1.77. The molecule has 140 valence electrons. The van der Waals surface area contributed by atoms with Crippen LogP contribution >= 0.6 is 0 Å². The lowest BCUT2D eigenvalue weighted by molar-refractivity contribution is -0.311. The average molecular weight is 350 g/mol. The van der Waals surface area contributed by atoms with Crippen LogP contribution in [-0.2, 0) is 0 Å². The molecule has 0 aromatic rings. The molecule has 0 amide bonds. The van der Waals surface area contributed by atoms with Crippen LogP contribution < -0.4 is 10.6 Å². The Morgan fingerprint density at radius 1 is 0.565 bits per heavy atom. The van der Waals surface area contributed by atoms with Gasteiger partial charge in [0.25, 0.3) is 0 Å². The van der Waals surface area contributed by atoms with Gasteiger partial charge in [0.1, 0.15) is 0 Å². The van der Waals surface area contributed by atoms with E-state index < -0.39 is 54.8 Å². The first-order chi connectivity index (χ1) is 9.91. The van der Waals surface area contributed by atoms with Crippen molar-refractivity contribution < 1.29 is 26.3 Å². The molecule has 0 aliphatic carbocycles. The van der Waals surface area contributed by atoms with Gasteiger partial charge in [-0.2, -0.15) is 26.3 Å². The van der Waals surface area contributed by atoms with Crippen molar-refractivity contribution in [3.8, 4) is 0 Å². The molecule has 0 spiro atoms. The Kier molecular flexibility index (Phi) is 7.01. The second kappa shape index (κ2) is 7.17. The summed E-state index contributed by atoms with van der Waals surface area (Å²) >= 11 is 0. The molecule has 0 bridgehead atoms. The second-order valence-corrected chi connectivity index (χ2v) is 7.84. The minimum Gasteiger partial charge on any atom is -0.312 e. The monoisotopic (exact) mass is 350 g/mol. The highest BCUT2D eigenvalue weighted by Crippen LogP contribution is 2.48. The number of rotatable bonds is 8. The topological polar surface area (TPSA) is 24.1 Å². The molecule has 0 aliphatic heterocycles. The second-order valence-electron chi connectivity index (χ2n) is 7.84. The third-order valence-electron chi connectivity index (χ3n) is 3.11. The first-order valence-corrected chi connectivity index (χ1v) is 7.55. The molecule has 0 aromatic carbocycles. The number of nitrogens with one attached hydrogen (secondary N) is 2. The van der Waals surface area contributed by atoms with Crippen molar-refractivity contribution in [2.75, 3.05) is 13.1 Å². The molecule has 0 fully saturated rings. The molecule has 0 aliphatic rings. The highest BCUT2D eigenvalue weighted by Gasteiger charge is 2.70. The normalized spacial score (nSPS) is 15.1. The third kappa shape index (κ3) is 7.28. The summed E-state index contributed by atoms with van der Waals surface area (Å²) in [5.74, 6) is -15.0. The molecular formula is C15H28F6N2. The van der Waals surface area contributed by atoms with Gasteiger partial charge in [-0.15, -0.1) is 0 Å². The molecule has 0 saturated heterocycles. The van der Waals surface area contributed by atoms with Crippen molar-refractivity contribution in [2.24, 2.45) is 0 Å². The van der Waals surface area contributed by atoms with Gasteiger partial charge in [-0.25, -0.2) is 0 Å². The van der Waals surface area contributed by atoms with Crippen molar-refractivity contribution >= 4 is 0 Å². The predicted octanol–water partition coefficient (Wildman–Crippen LogP) is 4.45. The highest BCUT2D eigenvalue weighted by molar-refractivity contribution is 4.97. The fraction of sp³-hybridized carbons (Fsp3) is 1.00. The number of hydrogen-bond donors (Lipinski definition) is 2. The Morgan fingerprint density at radius 2 is 0.826 bits per heavy atom. The molecule has 2 nitrogen and oxygen atoms in total. The zero-order chi connectivity index (χ0) is 18.7. The first kappa shape index (κ1) is 22.5. The van der Waals surface area contributed by atoms with Crippen molar-refractivity contribution in [1.82, 2.24) is 10.6 Å². The standard InChI is InChI=1S/C15H28F6N2/c1-11(2,3)22-9-7-13(16,17)15(20,21)14(18,19)8-10-23-12(4,5)6/h22-23H,7-10H2,1-6H3. The summed E-state index contributed by atoms with van der Waals surface area (Å²) < 4.78 is 81.9. The van der Waals surface area contributed by atoms with Crippen LogP contribution in [0.4, 0.5) is 26.3 Å². The van der Waals surface area contributed by atoms with Crippen LogP contribution in [0.25, 0.3) is 0 Å². The Hall–Kier alpha value is -0.500. The molecule has 0 atom stereocenters. The van der Waals surface area contributed by atoms with Crippen LogP contribution in [0.3, 0.4) is 0 Å². The van der Waals surface area contributed by atoms with E-state index >= 15 is 0 Å². The van der Waals surface area contributed by atoms with Crippen LogP contribution in [0.1, 0.15) is 54.4 Å². The smallest absolute Gasteiger partial charge is 0.312 e. The minimum atomic E-state index is -5.40. The van der Waals surface area contributed by atoms with E-state index in [9.17, 15) is 26.3 Å². The molecule has 0 rings (SSSR count). The van der Waals surface area contributed by atoms with E-state index in [1.54, 1.807) is 41.5 Å². The van der Waals surface area contributed by atoms with E-state index in [2.05, 4.69) is 10.6 Å². The van der Waals surface area contributed by atoms with Gasteiger partial charge in [0.2, 0.25) is 0 Å². The number of halogens is 6. The maximum absolute atomic E-state index is 13.7. The van der Waals surface area contributed by atoms with E-state index in [0.717, 1.165) is 0 Å². The summed E-state index contributed by atoms with van der Waals surface area (Å²) in [6, 6.07) is 0. The molecule has 0 radical (unpaired) electrons. The van der Waals surface area contributed by atoms with E-state index in [1.807, 2.05) is 0 Å². The lowest BCUT2D eigenvalue weighted by atomic mass is 9.98. The SMILES string of the molecule is CC(C)(C)NCCC(F)(F)C(F)(F)C(F)(F)CCNC(C)(C)C. The van der Waals surface area contributed by atoms with Crippen LogP contribution in [0, 0.1) is 0 Å². The number of hydrogen-bond acceptors (Lipinski definition) is 2. The third-order valence-corrected chi connectivity index (χ3v) is 3.11. The first-order valence-electron chi connectivity index (χ1n) is 7.55. The van der Waals surface area contributed by atoms with Crippen molar-refractivity contribution in [3.05, 3.63) is 0 Å². The minimum absolute atomic E-state index is 0.484. The molecule has 2 N–H and O–H groups in total. The molecule has 0 heterocycles. The Morgan fingerprint density at radius 3 is 1.04 bits per heavy atom. The van der Waals surface area contributed by atoms with Gasteiger partial charge in [-0.1, -0.05) is 0 Å². The Balaban J connectivity index is 4.82. The Bertz CT molecular complexity index is 335. The van der Waals surface area contributed by atoms with Crippen molar-refractivity contribution in [1.29, 1.82) is 0 Å². The van der Waals surface area contributed by atoms with E-state index in [-0.39, 0.29) is 0 Å². The van der Waals surface area contributed by atoms with Crippen LogP contribution in [-0.4, -0.2) is 41.9 Å². The summed E-state index contributed by atoms with van der Waals surface area (Å²) in [7, 11) is 0. The lowest BCUT2D eigenvalue weighted by Crippen LogP contribution is -2.56. The van der Waals surface area contributed by atoms with Crippen LogP contribution in [0.5, 0.6) is 0 Å². The fourth-order valence-electron chi connectivity index (χ4n) is 1.77. The van der Waals surface area contributed by atoms with Gasteiger partial charge in [0.15, 0.2) is 0 Å². The zero-order valence-electron chi connectivity index (χ0n) is 14.6. The number of alkyl halides is 6. The van der Waals surface area contributed by atoms with Crippen LogP contribution in [0.2, 0.25) is 0 Å². The van der Waals surface area contributed by atoms with Gasteiger partial charge in [0, 0.05) is 37.0 Å². The van der Waals surface area contributed by atoms with E-state index in [1.165, 1.54) is 0 Å². The van der Waals surface area contributed by atoms with Gasteiger partial charge in [-0.05, 0) is 41.5 Å². The van der Waals surface area contributed by atoms with Gasteiger partial charge in [0.05, 0.1) is 0 Å². The maximum atomic E-state index is 13.7. The van der Waals surface area contributed by atoms with E-state index in [0.29, 0.717) is 0 Å². The summed E-state index contributed by atoms with van der Waals surface area (Å²) in [6.45, 7) is 9.01. The zero-order valence-corrected chi connectivity index (χ0v) is 14.6. The molecule has 0 saturated carbocycles. The largest absolute Gasteiger partial charge is 0.371 e. The van der Waals surface area contributed by atoms with Gasteiger partial charge < -0.3 is 10.6 Å². The molecule has 0 aromatic heterocycles. The molecule has 8 heteroatoms. The molecular weight excluding hydrogens is 322 g/mol. The van der Waals surface area contributed by atoms with Crippen molar-refractivity contribution in [3.63, 3.8) is 0 Å². The molecule has 0 unspecified atom stereocenters.